The van der Waals surface area contributed by atoms with Gasteiger partial charge in [-0.1, -0.05) is 6.07 Å². The Balaban J connectivity index is 1.47. The summed E-state index contributed by atoms with van der Waals surface area (Å²) in [5.74, 6) is 0.596. The van der Waals surface area contributed by atoms with E-state index in [9.17, 15) is 4.79 Å². The fraction of sp³-hybridized carbons (Fsp3) is 0.615. The summed E-state index contributed by atoms with van der Waals surface area (Å²) in [7, 11) is 0. The standard InChI is InChI=1S/C13H19N3OS/c17-13(11-8-14-9-11)16-5-3-15(4-6-16)10-12-2-1-7-18-12/h1-2,7,11,14H,3-6,8-10H2. The Hall–Kier alpha value is -0.910. The first-order valence-electron chi connectivity index (χ1n) is 6.57. The van der Waals surface area contributed by atoms with E-state index in [2.05, 4.69) is 27.7 Å². The third-order valence-electron chi connectivity index (χ3n) is 3.77. The SMILES string of the molecule is O=C(C1CNC1)N1CCN(Cc2cccs2)CC1. The van der Waals surface area contributed by atoms with E-state index in [1.807, 2.05) is 16.2 Å². The molecule has 1 aromatic rings. The second-order valence-electron chi connectivity index (χ2n) is 5.04. The summed E-state index contributed by atoms with van der Waals surface area (Å²) < 4.78 is 0. The third kappa shape index (κ3) is 2.58. The van der Waals surface area contributed by atoms with E-state index in [0.717, 1.165) is 45.8 Å². The molecule has 0 saturated carbocycles. The van der Waals surface area contributed by atoms with Gasteiger partial charge in [-0.05, 0) is 11.4 Å². The molecule has 2 aliphatic rings. The number of hydrogen-bond acceptors (Lipinski definition) is 4. The smallest absolute Gasteiger partial charge is 0.228 e. The number of amides is 1. The van der Waals surface area contributed by atoms with Gasteiger partial charge in [0.25, 0.3) is 0 Å². The van der Waals surface area contributed by atoms with Crippen LogP contribution in [0, 0.1) is 5.92 Å². The summed E-state index contributed by atoms with van der Waals surface area (Å²) in [6.45, 7) is 6.56. The van der Waals surface area contributed by atoms with Gasteiger partial charge in [0.1, 0.15) is 0 Å². The topological polar surface area (TPSA) is 35.6 Å². The van der Waals surface area contributed by atoms with E-state index in [1.54, 1.807) is 0 Å². The van der Waals surface area contributed by atoms with Crippen molar-refractivity contribution in [2.75, 3.05) is 39.3 Å². The number of nitrogens with zero attached hydrogens (tertiary/aromatic N) is 2. The van der Waals surface area contributed by atoms with E-state index in [-0.39, 0.29) is 5.92 Å². The molecule has 0 unspecified atom stereocenters. The molecule has 0 aliphatic carbocycles. The monoisotopic (exact) mass is 265 g/mol. The Morgan fingerprint density at radius 1 is 1.33 bits per heavy atom. The Labute approximate surface area is 112 Å². The molecule has 4 nitrogen and oxygen atoms in total. The molecule has 0 spiro atoms. The van der Waals surface area contributed by atoms with Gasteiger partial charge in [0, 0.05) is 50.7 Å². The van der Waals surface area contributed by atoms with E-state index in [1.165, 1.54) is 4.88 Å². The maximum Gasteiger partial charge on any atom is 0.228 e. The summed E-state index contributed by atoms with van der Waals surface area (Å²) >= 11 is 1.81. The van der Waals surface area contributed by atoms with Crippen LogP contribution in [0.3, 0.4) is 0 Å². The van der Waals surface area contributed by atoms with Crippen LogP contribution in [0.1, 0.15) is 4.88 Å². The van der Waals surface area contributed by atoms with Gasteiger partial charge in [0.05, 0.1) is 5.92 Å². The van der Waals surface area contributed by atoms with E-state index in [4.69, 9.17) is 0 Å². The van der Waals surface area contributed by atoms with Crippen molar-refractivity contribution in [3.05, 3.63) is 22.4 Å². The predicted octanol–water partition coefficient (Wildman–Crippen LogP) is 0.612. The van der Waals surface area contributed by atoms with Gasteiger partial charge >= 0.3 is 0 Å². The zero-order valence-electron chi connectivity index (χ0n) is 10.5. The van der Waals surface area contributed by atoms with Gasteiger partial charge in [-0.2, -0.15) is 0 Å². The summed E-state index contributed by atoms with van der Waals surface area (Å²) in [6, 6.07) is 4.28. The number of thiophene rings is 1. The molecule has 2 fully saturated rings. The van der Waals surface area contributed by atoms with Crippen molar-refractivity contribution in [1.29, 1.82) is 0 Å². The summed E-state index contributed by atoms with van der Waals surface area (Å²) in [6.07, 6.45) is 0. The molecule has 0 bridgehead atoms. The molecule has 2 aliphatic heterocycles. The highest BCUT2D eigenvalue weighted by atomic mass is 32.1. The highest BCUT2D eigenvalue weighted by molar-refractivity contribution is 7.09. The van der Waals surface area contributed by atoms with Crippen molar-refractivity contribution in [1.82, 2.24) is 15.1 Å². The molecule has 1 amide bonds. The molecule has 3 rings (SSSR count). The van der Waals surface area contributed by atoms with Gasteiger partial charge in [-0.15, -0.1) is 11.3 Å². The number of carbonyl (C=O) groups excluding carboxylic acids is 1. The lowest BCUT2D eigenvalue weighted by Gasteiger charge is -2.38. The molecular formula is C13H19N3OS. The first-order chi connectivity index (χ1) is 8.83. The van der Waals surface area contributed by atoms with Gasteiger partial charge in [-0.25, -0.2) is 0 Å². The minimum absolute atomic E-state index is 0.244. The van der Waals surface area contributed by atoms with Crippen molar-refractivity contribution in [3.8, 4) is 0 Å². The molecule has 98 valence electrons. The van der Waals surface area contributed by atoms with Crippen LogP contribution >= 0.6 is 11.3 Å². The normalized spacial score (nSPS) is 21.9. The average Bonchev–Trinajstić information content (AvgIpc) is 2.80. The quantitative estimate of drug-likeness (QED) is 0.870. The summed E-state index contributed by atoms with van der Waals surface area (Å²) in [5.41, 5.74) is 0. The number of rotatable bonds is 3. The molecule has 0 atom stereocenters. The number of piperazine rings is 1. The molecule has 5 heteroatoms. The van der Waals surface area contributed by atoms with E-state index < -0.39 is 0 Å². The van der Waals surface area contributed by atoms with Crippen LogP contribution in [-0.4, -0.2) is 55.0 Å². The van der Waals surface area contributed by atoms with Crippen LogP contribution in [0.2, 0.25) is 0 Å². The van der Waals surface area contributed by atoms with Crippen LogP contribution in [-0.2, 0) is 11.3 Å². The lowest BCUT2D eigenvalue weighted by Crippen LogP contribution is -2.56. The molecule has 0 radical (unpaired) electrons. The zero-order valence-corrected chi connectivity index (χ0v) is 11.3. The summed E-state index contributed by atoms with van der Waals surface area (Å²) in [4.78, 5) is 18.0. The maximum atomic E-state index is 12.1. The molecular weight excluding hydrogens is 246 g/mol. The van der Waals surface area contributed by atoms with Crippen molar-refractivity contribution < 1.29 is 4.79 Å². The highest BCUT2D eigenvalue weighted by Gasteiger charge is 2.30. The Bertz CT molecular complexity index is 394. The molecule has 1 N–H and O–H groups in total. The number of hydrogen-bond donors (Lipinski definition) is 1. The third-order valence-corrected chi connectivity index (χ3v) is 4.64. The van der Waals surface area contributed by atoms with Crippen LogP contribution in [0.4, 0.5) is 0 Å². The minimum atomic E-state index is 0.244. The van der Waals surface area contributed by atoms with Crippen molar-refractivity contribution >= 4 is 17.2 Å². The number of nitrogens with one attached hydrogen (secondary N) is 1. The maximum absolute atomic E-state index is 12.1. The Morgan fingerprint density at radius 2 is 2.11 bits per heavy atom. The van der Waals surface area contributed by atoms with E-state index in [0.29, 0.717) is 5.91 Å². The second kappa shape index (κ2) is 5.38. The zero-order chi connectivity index (χ0) is 12.4. The van der Waals surface area contributed by atoms with Crippen molar-refractivity contribution in [2.24, 2.45) is 5.92 Å². The lowest BCUT2D eigenvalue weighted by molar-refractivity contribution is -0.138. The first-order valence-corrected chi connectivity index (χ1v) is 7.45. The molecule has 0 aromatic carbocycles. The lowest BCUT2D eigenvalue weighted by atomic mass is 10.0. The average molecular weight is 265 g/mol. The van der Waals surface area contributed by atoms with E-state index >= 15 is 0 Å². The van der Waals surface area contributed by atoms with Gasteiger partial charge in [0.15, 0.2) is 0 Å². The number of carbonyl (C=O) groups is 1. The molecule has 3 heterocycles. The second-order valence-corrected chi connectivity index (χ2v) is 6.07. The highest BCUT2D eigenvalue weighted by Crippen LogP contribution is 2.15. The van der Waals surface area contributed by atoms with Crippen LogP contribution in [0.25, 0.3) is 0 Å². The van der Waals surface area contributed by atoms with Gasteiger partial charge in [0.2, 0.25) is 5.91 Å². The van der Waals surface area contributed by atoms with Gasteiger partial charge < -0.3 is 10.2 Å². The summed E-state index contributed by atoms with van der Waals surface area (Å²) in [5, 5.41) is 5.29. The van der Waals surface area contributed by atoms with Gasteiger partial charge in [-0.3, -0.25) is 9.69 Å². The van der Waals surface area contributed by atoms with Crippen LogP contribution in [0.5, 0.6) is 0 Å². The fourth-order valence-electron chi connectivity index (χ4n) is 2.47. The largest absolute Gasteiger partial charge is 0.340 e. The van der Waals surface area contributed by atoms with Crippen LogP contribution in [0.15, 0.2) is 17.5 Å². The minimum Gasteiger partial charge on any atom is -0.340 e. The van der Waals surface area contributed by atoms with Crippen LogP contribution < -0.4 is 5.32 Å². The Kier molecular flexibility index (Phi) is 3.63. The first kappa shape index (κ1) is 12.1. The molecule has 2 saturated heterocycles. The predicted molar refractivity (Wildman–Crippen MR) is 72.5 cm³/mol. The Morgan fingerprint density at radius 3 is 2.67 bits per heavy atom. The molecule has 1 aromatic heterocycles. The van der Waals surface area contributed by atoms with Crippen molar-refractivity contribution in [2.45, 2.75) is 6.54 Å². The molecule has 18 heavy (non-hydrogen) atoms. The fourth-order valence-corrected chi connectivity index (χ4v) is 3.22. The van der Waals surface area contributed by atoms with Crippen molar-refractivity contribution in [3.63, 3.8) is 0 Å².